The number of likely N-dealkylation sites (tertiary alicyclic amines) is 1. The molecule has 2 unspecified atom stereocenters. The molecule has 2 aliphatic heterocycles. The first-order valence-corrected chi connectivity index (χ1v) is 8.20. The van der Waals surface area contributed by atoms with Crippen LogP contribution >= 0.6 is 11.8 Å². The van der Waals surface area contributed by atoms with E-state index in [1.165, 1.54) is 0 Å². The van der Waals surface area contributed by atoms with Gasteiger partial charge in [0.15, 0.2) is 5.84 Å². The largest absolute Gasteiger partial charge is 0.409 e. The van der Waals surface area contributed by atoms with E-state index in [1.54, 1.807) is 11.8 Å². The molecule has 2 atom stereocenters. The molecule has 0 aromatic carbocycles. The van der Waals surface area contributed by atoms with Gasteiger partial charge in [-0.25, -0.2) is 0 Å². The molecular formula is C13H23N3O3S. The standard InChI is InChI=1S/C13H23N3O3S/c1-9-10(3-8-19-9)11(17)16-6-4-13(20-2,5-7-16)12(14)15-18/h9-10,18H,3-8H2,1-2H3,(H2,14,15). The number of ether oxygens (including phenoxy) is 1. The van der Waals surface area contributed by atoms with E-state index in [2.05, 4.69) is 5.16 Å². The topological polar surface area (TPSA) is 88.2 Å². The fourth-order valence-corrected chi connectivity index (χ4v) is 3.88. The third-order valence-corrected chi connectivity index (χ3v) is 5.94. The number of carbonyl (C=O) groups excluding carboxylic acids is 1. The highest BCUT2D eigenvalue weighted by atomic mass is 32.2. The number of nitrogens with two attached hydrogens (primary N) is 1. The van der Waals surface area contributed by atoms with Crippen molar-refractivity contribution >= 4 is 23.5 Å². The highest BCUT2D eigenvalue weighted by molar-refractivity contribution is 8.00. The molecule has 114 valence electrons. The van der Waals surface area contributed by atoms with Crippen LogP contribution in [-0.2, 0) is 9.53 Å². The van der Waals surface area contributed by atoms with Gasteiger partial charge in [0.2, 0.25) is 5.91 Å². The summed E-state index contributed by atoms with van der Waals surface area (Å²) in [6, 6.07) is 0. The Morgan fingerprint density at radius 2 is 2.15 bits per heavy atom. The zero-order chi connectivity index (χ0) is 14.8. The van der Waals surface area contributed by atoms with Gasteiger partial charge in [0, 0.05) is 19.7 Å². The Morgan fingerprint density at radius 3 is 2.60 bits per heavy atom. The van der Waals surface area contributed by atoms with E-state index in [9.17, 15) is 4.79 Å². The molecule has 0 bridgehead atoms. The van der Waals surface area contributed by atoms with Crippen LogP contribution in [0.2, 0.25) is 0 Å². The van der Waals surface area contributed by atoms with Crippen molar-refractivity contribution in [3.8, 4) is 0 Å². The summed E-state index contributed by atoms with van der Waals surface area (Å²) in [5.74, 6) is 0.430. The number of carbonyl (C=O) groups is 1. The summed E-state index contributed by atoms with van der Waals surface area (Å²) in [4.78, 5) is 14.4. The highest BCUT2D eigenvalue weighted by Crippen LogP contribution is 2.36. The maximum Gasteiger partial charge on any atom is 0.228 e. The zero-order valence-corrected chi connectivity index (χ0v) is 12.9. The minimum Gasteiger partial charge on any atom is -0.409 e. The lowest BCUT2D eigenvalue weighted by molar-refractivity contribution is -0.138. The van der Waals surface area contributed by atoms with Crippen molar-refractivity contribution in [3.05, 3.63) is 0 Å². The Morgan fingerprint density at radius 1 is 1.50 bits per heavy atom. The quantitative estimate of drug-likeness (QED) is 0.350. The van der Waals surface area contributed by atoms with E-state index < -0.39 is 0 Å². The normalized spacial score (nSPS) is 30.5. The van der Waals surface area contributed by atoms with Gasteiger partial charge in [-0.15, -0.1) is 0 Å². The number of nitrogens with zero attached hydrogens (tertiary/aromatic N) is 2. The van der Waals surface area contributed by atoms with E-state index in [0.717, 1.165) is 19.3 Å². The predicted molar refractivity (Wildman–Crippen MR) is 79.0 cm³/mol. The number of oxime groups is 1. The Labute approximate surface area is 123 Å². The molecule has 2 heterocycles. The van der Waals surface area contributed by atoms with Crippen molar-refractivity contribution < 1.29 is 14.7 Å². The number of thioether (sulfide) groups is 1. The van der Waals surface area contributed by atoms with Crippen LogP contribution in [0.15, 0.2) is 5.16 Å². The fraction of sp³-hybridized carbons (Fsp3) is 0.846. The second kappa shape index (κ2) is 6.22. The molecule has 0 spiro atoms. The first-order valence-electron chi connectivity index (χ1n) is 6.97. The van der Waals surface area contributed by atoms with E-state index in [1.807, 2.05) is 18.1 Å². The van der Waals surface area contributed by atoms with Crippen LogP contribution in [0.5, 0.6) is 0 Å². The summed E-state index contributed by atoms with van der Waals surface area (Å²) in [7, 11) is 0. The SMILES string of the molecule is CSC1(C(N)=NO)CCN(C(=O)C2CCOC2C)CC1. The summed E-state index contributed by atoms with van der Waals surface area (Å²) in [5.41, 5.74) is 5.81. The van der Waals surface area contributed by atoms with E-state index in [0.29, 0.717) is 19.7 Å². The van der Waals surface area contributed by atoms with Gasteiger partial charge in [0.25, 0.3) is 0 Å². The van der Waals surface area contributed by atoms with Gasteiger partial charge in [-0.05, 0) is 32.4 Å². The van der Waals surface area contributed by atoms with Crippen molar-refractivity contribution in [2.24, 2.45) is 16.8 Å². The van der Waals surface area contributed by atoms with Crippen LogP contribution in [0, 0.1) is 5.92 Å². The van der Waals surface area contributed by atoms with E-state index in [4.69, 9.17) is 15.7 Å². The average Bonchev–Trinajstić information content (AvgIpc) is 2.91. The van der Waals surface area contributed by atoms with Crippen molar-refractivity contribution in [3.63, 3.8) is 0 Å². The molecule has 2 aliphatic rings. The molecule has 0 aromatic heterocycles. The van der Waals surface area contributed by atoms with Gasteiger partial charge in [-0.3, -0.25) is 4.79 Å². The molecule has 0 aliphatic carbocycles. The van der Waals surface area contributed by atoms with Crippen LogP contribution in [0.1, 0.15) is 26.2 Å². The van der Waals surface area contributed by atoms with Gasteiger partial charge < -0.3 is 20.6 Å². The van der Waals surface area contributed by atoms with Crippen LogP contribution in [0.4, 0.5) is 0 Å². The smallest absolute Gasteiger partial charge is 0.228 e. The van der Waals surface area contributed by atoms with Crippen molar-refractivity contribution in [2.75, 3.05) is 26.0 Å². The lowest BCUT2D eigenvalue weighted by Gasteiger charge is -2.40. The Kier molecular flexibility index (Phi) is 4.80. The second-order valence-corrected chi connectivity index (χ2v) is 6.67. The number of amidine groups is 1. The minimum atomic E-state index is -0.344. The van der Waals surface area contributed by atoms with Gasteiger partial charge in [0.1, 0.15) is 0 Å². The number of piperidine rings is 1. The molecule has 6 nitrogen and oxygen atoms in total. The summed E-state index contributed by atoms with van der Waals surface area (Å²) < 4.78 is 5.13. The van der Waals surface area contributed by atoms with Crippen molar-refractivity contribution in [2.45, 2.75) is 37.0 Å². The molecule has 2 rings (SSSR count). The van der Waals surface area contributed by atoms with E-state index in [-0.39, 0.29) is 28.5 Å². The summed E-state index contributed by atoms with van der Waals surface area (Å²) >= 11 is 1.59. The Hall–Kier alpha value is -0.950. The van der Waals surface area contributed by atoms with Gasteiger partial charge in [0.05, 0.1) is 16.8 Å². The number of amides is 1. The molecule has 2 saturated heterocycles. The molecule has 3 N–H and O–H groups in total. The van der Waals surface area contributed by atoms with E-state index >= 15 is 0 Å². The summed E-state index contributed by atoms with van der Waals surface area (Å²) in [6.45, 7) is 3.94. The van der Waals surface area contributed by atoms with Crippen LogP contribution in [-0.4, -0.2) is 58.7 Å². The lowest BCUT2D eigenvalue weighted by Crippen LogP contribution is -2.52. The highest BCUT2D eigenvalue weighted by Gasteiger charge is 2.41. The third-order valence-electron chi connectivity index (χ3n) is 4.54. The van der Waals surface area contributed by atoms with Crippen LogP contribution in [0.25, 0.3) is 0 Å². The van der Waals surface area contributed by atoms with Gasteiger partial charge >= 0.3 is 0 Å². The Bertz CT molecular complexity index is 394. The molecule has 0 radical (unpaired) electrons. The molecule has 0 saturated carbocycles. The average molecular weight is 301 g/mol. The molecule has 20 heavy (non-hydrogen) atoms. The summed E-state index contributed by atoms with van der Waals surface area (Å²) in [6.07, 6.45) is 4.22. The third kappa shape index (κ3) is 2.74. The second-order valence-electron chi connectivity index (χ2n) is 5.48. The first-order chi connectivity index (χ1) is 9.54. The maximum atomic E-state index is 12.5. The van der Waals surface area contributed by atoms with Gasteiger partial charge in [-0.2, -0.15) is 11.8 Å². The number of rotatable bonds is 3. The van der Waals surface area contributed by atoms with Crippen molar-refractivity contribution in [1.82, 2.24) is 4.90 Å². The van der Waals surface area contributed by atoms with Crippen LogP contribution in [0.3, 0.4) is 0 Å². The van der Waals surface area contributed by atoms with Gasteiger partial charge in [-0.1, -0.05) is 5.16 Å². The van der Waals surface area contributed by atoms with Crippen LogP contribution < -0.4 is 5.73 Å². The molecule has 1 amide bonds. The maximum absolute atomic E-state index is 12.5. The zero-order valence-electron chi connectivity index (χ0n) is 12.0. The first kappa shape index (κ1) is 15.4. The molecule has 7 heteroatoms. The molecule has 0 aromatic rings. The number of hydrogen-bond acceptors (Lipinski definition) is 5. The summed E-state index contributed by atoms with van der Waals surface area (Å²) in [5, 5.41) is 12.1. The fourth-order valence-electron chi connectivity index (χ4n) is 3.03. The molecule has 2 fully saturated rings. The molecular weight excluding hydrogens is 278 g/mol. The predicted octanol–water partition coefficient (Wildman–Crippen LogP) is 0.882. The monoisotopic (exact) mass is 301 g/mol. The lowest BCUT2D eigenvalue weighted by atomic mass is 9.92. The Balaban J connectivity index is 1.98. The minimum absolute atomic E-state index is 0.0128. The van der Waals surface area contributed by atoms with Crippen molar-refractivity contribution in [1.29, 1.82) is 0 Å². The number of hydrogen-bond donors (Lipinski definition) is 2.